The predicted octanol–water partition coefficient (Wildman–Crippen LogP) is 2.65. The number of benzene rings is 1. The van der Waals surface area contributed by atoms with Crippen LogP contribution in [0.2, 0.25) is 0 Å². The van der Waals surface area contributed by atoms with Gasteiger partial charge in [0.2, 0.25) is 5.91 Å². The summed E-state index contributed by atoms with van der Waals surface area (Å²) in [6, 6.07) is 7.29. The molecule has 112 valence electrons. The first-order chi connectivity index (χ1) is 10.2. The molecule has 1 aromatic rings. The second kappa shape index (κ2) is 7.42. The van der Waals surface area contributed by atoms with Crippen LogP contribution in [0.4, 0.5) is 10.5 Å². The Morgan fingerprint density at radius 3 is 2.71 bits per heavy atom. The normalized spacial score (nSPS) is 14.1. The highest BCUT2D eigenvalue weighted by atomic mass is 16.5. The minimum Gasteiger partial charge on any atom is -0.449 e. The number of hydrogen-bond donors (Lipinski definition) is 2. The largest absolute Gasteiger partial charge is 0.449 e. The monoisotopic (exact) mass is 289 g/mol. The first-order valence-corrected chi connectivity index (χ1v) is 7.08. The van der Waals surface area contributed by atoms with Gasteiger partial charge in [-0.15, -0.1) is 0 Å². The van der Waals surface area contributed by atoms with Crippen molar-refractivity contribution in [2.75, 3.05) is 11.9 Å². The predicted molar refractivity (Wildman–Crippen MR) is 80.2 cm³/mol. The molecule has 0 bridgehead atoms. The topological polar surface area (TPSA) is 79.8 Å². The van der Waals surface area contributed by atoms with Gasteiger partial charge in [-0.2, -0.15) is 5.10 Å². The minimum atomic E-state index is -0.446. The van der Waals surface area contributed by atoms with Crippen molar-refractivity contribution in [1.29, 1.82) is 0 Å². The van der Waals surface area contributed by atoms with Gasteiger partial charge < -0.3 is 4.74 Å². The fourth-order valence-corrected chi connectivity index (χ4v) is 1.89. The number of nitrogens with zero attached hydrogens (tertiary/aromatic N) is 1. The third-order valence-electron chi connectivity index (χ3n) is 3.10. The van der Waals surface area contributed by atoms with Crippen molar-refractivity contribution >= 4 is 23.4 Å². The van der Waals surface area contributed by atoms with Gasteiger partial charge in [-0.3, -0.25) is 10.1 Å². The number of rotatable bonds is 5. The van der Waals surface area contributed by atoms with Gasteiger partial charge in [0.25, 0.3) is 0 Å². The van der Waals surface area contributed by atoms with Crippen molar-refractivity contribution in [2.45, 2.75) is 32.6 Å². The zero-order valence-corrected chi connectivity index (χ0v) is 12.0. The number of unbranched alkanes of at least 4 members (excludes halogenated alkanes) is 1. The summed E-state index contributed by atoms with van der Waals surface area (Å²) >= 11 is 0. The van der Waals surface area contributed by atoms with Crippen LogP contribution in [0.3, 0.4) is 0 Å². The molecule has 1 aliphatic heterocycles. The Balaban J connectivity index is 1.90. The van der Waals surface area contributed by atoms with E-state index in [1.54, 1.807) is 12.1 Å². The lowest BCUT2D eigenvalue weighted by Crippen LogP contribution is -2.25. The van der Waals surface area contributed by atoms with Crippen molar-refractivity contribution in [3.05, 3.63) is 29.8 Å². The molecule has 1 aliphatic rings. The average molecular weight is 289 g/mol. The summed E-state index contributed by atoms with van der Waals surface area (Å²) < 4.78 is 5.02. The van der Waals surface area contributed by atoms with E-state index in [9.17, 15) is 9.59 Å². The number of hydrazone groups is 1. The van der Waals surface area contributed by atoms with Crippen molar-refractivity contribution < 1.29 is 14.3 Å². The molecule has 0 unspecified atom stereocenters. The van der Waals surface area contributed by atoms with Crippen LogP contribution in [0.25, 0.3) is 0 Å². The molecule has 0 saturated heterocycles. The number of ether oxygens (including phenoxy) is 1. The zero-order valence-electron chi connectivity index (χ0n) is 12.0. The quantitative estimate of drug-likeness (QED) is 0.818. The maximum atomic E-state index is 11.5. The standard InChI is InChI=1S/C15H19N3O3/c1-2-3-10-21-15(20)16-12-6-4-11(5-7-12)13-8-9-14(19)18-17-13/h4-7H,2-3,8-10H2,1H3,(H,16,20)(H,18,19). The molecular formula is C15H19N3O3. The molecule has 0 aliphatic carbocycles. The van der Waals surface area contributed by atoms with Crippen LogP contribution >= 0.6 is 0 Å². The van der Waals surface area contributed by atoms with Gasteiger partial charge in [0.1, 0.15) is 0 Å². The molecule has 1 heterocycles. The fourth-order valence-electron chi connectivity index (χ4n) is 1.89. The molecule has 0 radical (unpaired) electrons. The maximum Gasteiger partial charge on any atom is 0.411 e. The molecule has 2 amide bonds. The molecule has 0 spiro atoms. The van der Waals surface area contributed by atoms with E-state index in [0.717, 1.165) is 24.1 Å². The summed E-state index contributed by atoms with van der Waals surface area (Å²) in [7, 11) is 0. The van der Waals surface area contributed by atoms with E-state index in [0.29, 0.717) is 25.1 Å². The van der Waals surface area contributed by atoms with Crippen LogP contribution in [-0.2, 0) is 9.53 Å². The van der Waals surface area contributed by atoms with Crippen LogP contribution in [0.1, 0.15) is 38.2 Å². The van der Waals surface area contributed by atoms with Gasteiger partial charge in [-0.05, 0) is 24.1 Å². The van der Waals surface area contributed by atoms with E-state index >= 15 is 0 Å². The Hall–Kier alpha value is -2.37. The van der Waals surface area contributed by atoms with E-state index < -0.39 is 6.09 Å². The third-order valence-corrected chi connectivity index (χ3v) is 3.10. The summed E-state index contributed by atoms with van der Waals surface area (Å²) in [5.74, 6) is -0.0631. The number of anilines is 1. The lowest BCUT2D eigenvalue weighted by Gasteiger charge is -2.12. The van der Waals surface area contributed by atoms with Crippen molar-refractivity contribution in [1.82, 2.24) is 5.43 Å². The number of amides is 2. The average Bonchev–Trinajstić information content (AvgIpc) is 2.49. The molecule has 0 atom stereocenters. The van der Waals surface area contributed by atoms with E-state index in [-0.39, 0.29) is 5.91 Å². The Bertz CT molecular complexity index is 538. The molecule has 6 heteroatoms. The molecular weight excluding hydrogens is 270 g/mol. The van der Waals surface area contributed by atoms with Crippen LogP contribution in [0.5, 0.6) is 0 Å². The second-order valence-corrected chi connectivity index (χ2v) is 4.79. The lowest BCUT2D eigenvalue weighted by atomic mass is 10.0. The number of hydrogen-bond acceptors (Lipinski definition) is 4. The molecule has 6 nitrogen and oxygen atoms in total. The van der Waals surface area contributed by atoms with Crippen molar-refractivity contribution in [2.24, 2.45) is 5.10 Å². The molecule has 0 fully saturated rings. The molecule has 2 N–H and O–H groups in total. The van der Waals surface area contributed by atoms with E-state index in [1.165, 1.54) is 0 Å². The van der Waals surface area contributed by atoms with Gasteiger partial charge in [-0.25, -0.2) is 10.2 Å². The summed E-state index contributed by atoms with van der Waals surface area (Å²) in [5, 5.41) is 6.69. The Kier molecular flexibility index (Phi) is 5.31. The minimum absolute atomic E-state index is 0.0631. The maximum absolute atomic E-state index is 11.5. The zero-order chi connectivity index (χ0) is 15.1. The summed E-state index contributed by atoms with van der Waals surface area (Å²) in [6.07, 6.45) is 2.47. The van der Waals surface area contributed by atoms with E-state index in [4.69, 9.17) is 4.74 Å². The molecule has 1 aromatic carbocycles. The van der Waals surface area contributed by atoms with Gasteiger partial charge in [0.05, 0.1) is 12.3 Å². The van der Waals surface area contributed by atoms with Gasteiger partial charge in [0, 0.05) is 18.5 Å². The third kappa shape index (κ3) is 4.59. The molecule has 2 rings (SSSR count). The Labute approximate surface area is 123 Å². The molecule has 21 heavy (non-hydrogen) atoms. The van der Waals surface area contributed by atoms with Crippen LogP contribution in [0.15, 0.2) is 29.4 Å². The summed E-state index contributed by atoms with van der Waals surface area (Å²) in [5.41, 5.74) is 4.90. The van der Waals surface area contributed by atoms with Gasteiger partial charge in [0.15, 0.2) is 0 Å². The Morgan fingerprint density at radius 2 is 2.10 bits per heavy atom. The highest BCUT2D eigenvalue weighted by Crippen LogP contribution is 2.14. The van der Waals surface area contributed by atoms with E-state index in [1.807, 2.05) is 19.1 Å². The highest BCUT2D eigenvalue weighted by molar-refractivity contribution is 6.04. The highest BCUT2D eigenvalue weighted by Gasteiger charge is 2.13. The van der Waals surface area contributed by atoms with E-state index in [2.05, 4.69) is 15.8 Å². The lowest BCUT2D eigenvalue weighted by molar-refractivity contribution is -0.121. The molecule has 0 saturated carbocycles. The van der Waals surface area contributed by atoms with Crippen LogP contribution < -0.4 is 10.7 Å². The SMILES string of the molecule is CCCCOC(=O)Nc1ccc(C2=NNC(=O)CC2)cc1. The molecule has 0 aromatic heterocycles. The fraction of sp³-hybridized carbons (Fsp3) is 0.400. The van der Waals surface area contributed by atoms with Gasteiger partial charge in [-0.1, -0.05) is 25.5 Å². The Morgan fingerprint density at radius 1 is 1.33 bits per heavy atom. The van der Waals surface area contributed by atoms with Gasteiger partial charge >= 0.3 is 6.09 Å². The van der Waals surface area contributed by atoms with Crippen molar-refractivity contribution in [3.63, 3.8) is 0 Å². The van der Waals surface area contributed by atoms with Crippen LogP contribution in [0, 0.1) is 0 Å². The smallest absolute Gasteiger partial charge is 0.411 e. The number of carbonyl (C=O) groups is 2. The summed E-state index contributed by atoms with van der Waals surface area (Å²) in [4.78, 5) is 22.5. The first-order valence-electron chi connectivity index (χ1n) is 7.08. The number of carbonyl (C=O) groups excluding carboxylic acids is 2. The second-order valence-electron chi connectivity index (χ2n) is 4.79. The summed E-state index contributed by atoms with van der Waals surface area (Å²) in [6.45, 7) is 2.47. The number of nitrogens with one attached hydrogen (secondary N) is 2. The van der Waals surface area contributed by atoms with Crippen LogP contribution in [-0.4, -0.2) is 24.3 Å². The van der Waals surface area contributed by atoms with Crippen molar-refractivity contribution in [3.8, 4) is 0 Å². The first kappa shape index (κ1) is 15.0.